The van der Waals surface area contributed by atoms with Crippen LogP contribution in [0.5, 0.6) is 0 Å². The molecule has 1 amide bonds. The summed E-state index contributed by atoms with van der Waals surface area (Å²) < 4.78 is 3.35. The van der Waals surface area contributed by atoms with Gasteiger partial charge in [0.05, 0.1) is 16.7 Å². The highest BCUT2D eigenvalue weighted by Crippen LogP contribution is 2.45. The average Bonchev–Trinajstić information content (AvgIpc) is 3.49. The fourth-order valence-electron chi connectivity index (χ4n) is 4.89. The van der Waals surface area contributed by atoms with Gasteiger partial charge in [0.2, 0.25) is 5.69 Å². The van der Waals surface area contributed by atoms with Gasteiger partial charge in [-0.2, -0.15) is 10.2 Å². The van der Waals surface area contributed by atoms with E-state index in [1.807, 2.05) is 55.5 Å². The SMILES string of the molecule is CCn1cc([N+](=O)[O-])c(C(=O)N2N=C3/C(=C\c4ccc(Br)cc4)CCC[C@@H]3[C@H]2c2ccc(Br)cc2)n1. The van der Waals surface area contributed by atoms with Crippen molar-refractivity contribution in [3.8, 4) is 0 Å². The number of hydrazone groups is 1. The van der Waals surface area contributed by atoms with Crippen molar-refractivity contribution in [3.05, 3.63) is 96.2 Å². The van der Waals surface area contributed by atoms with Gasteiger partial charge in [0.1, 0.15) is 6.20 Å². The molecule has 1 fully saturated rings. The minimum atomic E-state index is -0.563. The van der Waals surface area contributed by atoms with Gasteiger partial charge < -0.3 is 0 Å². The van der Waals surface area contributed by atoms with Crippen LogP contribution < -0.4 is 0 Å². The Labute approximate surface area is 225 Å². The van der Waals surface area contributed by atoms with E-state index in [0.717, 1.165) is 50.6 Å². The number of nitrogens with zero attached hydrogens (tertiary/aromatic N) is 5. The lowest BCUT2D eigenvalue weighted by Crippen LogP contribution is -2.32. The molecule has 10 heteroatoms. The molecule has 2 atom stereocenters. The predicted octanol–water partition coefficient (Wildman–Crippen LogP) is 6.77. The number of hydrogen-bond donors (Lipinski definition) is 0. The number of fused-ring (bicyclic) bond motifs is 1. The topological polar surface area (TPSA) is 93.6 Å². The minimum absolute atomic E-state index is 0.0158. The highest BCUT2D eigenvalue weighted by atomic mass is 79.9. The van der Waals surface area contributed by atoms with Crippen LogP contribution in [0.25, 0.3) is 6.08 Å². The number of rotatable bonds is 5. The Morgan fingerprint density at radius 2 is 1.81 bits per heavy atom. The van der Waals surface area contributed by atoms with Crippen LogP contribution in [-0.4, -0.2) is 31.3 Å². The molecule has 5 rings (SSSR count). The van der Waals surface area contributed by atoms with E-state index in [1.54, 1.807) is 0 Å². The number of amides is 1. The number of allylic oxidation sites excluding steroid dienone is 1. The zero-order valence-electron chi connectivity index (χ0n) is 19.5. The maximum Gasteiger partial charge on any atom is 0.320 e. The van der Waals surface area contributed by atoms with Gasteiger partial charge in [0.25, 0.3) is 0 Å². The molecular formula is C26H23Br2N5O3. The van der Waals surface area contributed by atoms with Crippen molar-refractivity contribution in [3.63, 3.8) is 0 Å². The zero-order valence-corrected chi connectivity index (χ0v) is 22.6. The first-order chi connectivity index (χ1) is 17.4. The molecule has 0 unspecified atom stereocenters. The molecule has 0 radical (unpaired) electrons. The first kappa shape index (κ1) is 24.6. The summed E-state index contributed by atoms with van der Waals surface area (Å²) in [6.45, 7) is 2.24. The quantitative estimate of drug-likeness (QED) is 0.235. The summed E-state index contributed by atoms with van der Waals surface area (Å²) in [5, 5.41) is 22.2. The number of aromatic nitrogens is 2. The van der Waals surface area contributed by atoms with Crippen LogP contribution >= 0.6 is 31.9 Å². The van der Waals surface area contributed by atoms with Crippen molar-refractivity contribution in [2.45, 2.75) is 38.8 Å². The molecule has 0 bridgehead atoms. The van der Waals surface area contributed by atoms with Crippen molar-refractivity contribution in [2.24, 2.45) is 11.0 Å². The van der Waals surface area contributed by atoms with E-state index in [-0.39, 0.29) is 23.3 Å². The third-order valence-corrected chi connectivity index (χ3v) is 7.66. The van der Waals surface area contributed by atoms with Gasteiger partial charge in [-0.05, 0) is 73.2 Å². The van der Waals surface area contributed by atoms with Crippen molar-refractivity contribution in [2.75, 3.05) is 0 Å². The van der Waals surface area contributed by atoms with Crippen LogP contribution in [0.4, 0.5) is 5.69 Å². The summed E-state index contributed by atoms with van der Waals surface area (Å²) in [5.74, 6) is -0.579. The lowest BCUT2D eigenvalue weighted by molar-refractivity contribution is -0.385. The summed E-state index contributed by atoms with van der Waals surface area (Å²) in [4.78, 5) is 25.0. The van der Waals surface area contributed by atoms with Gasteiger partial charge in [-0.1, -0.05) is 56.1 Å². The minimum Gasteiger partial charge on any atom is -0.265 e. The number of benzene rings is 2. The molecule has 0 spiro atoms. The molecule has 1 aromatic heterocycles. The van der Waals surface area contributed by atoms with Crippen molar-refractivity contribution < 1.29 is 9.72 Å². The van der Waals surface area contributed by atoms with Crippen molar-refractivity contribution >= 4 is 55.2 Å². The van der Waals surface area contributed by atoms with Gasteiger partial charge in [0, 0.05) is 21.4 Å². The number of nitro groups is 1. The van der Waals surface area contributed by atoms with Gasteiger partial charge in [-0.25, -0.2) is 5.01 Å². The van der Waals surface area contributed by atoms with Crippen LogP contribution in [0.2, 0.25) is 0 Å². The van der Waals surface area contributed by atoms with Crippen LogP contribution in [-0.2, 0) is 6.54 Å². The van der Waals surface area contributed by atoms with Crippen molar-refractivity contribution in [1.82, 2.24) is 14.8 Å². The van der Waals surface area contributed by atoms with E-state index in [2.05, 4.69) is 43.0 Å². The maximum atomic E-state index is 13.8. The molecule has 8 nitrogen and oxygen atoms in total. The van der Waals surface area contributed by atoms with E-state index in [9.17, 15) is 14.9 Å². The summed E-state index contributed by atoms with van der Waals surface area (Å²) in [6, 6.07) is 15.5. The van der Waals surface area contributed by atoms with Crippen molar-refractivity contribution in [1.29, 1.82) is 0 Å². The monoisotopic (exact) mass is 611 g/mol. The third kappa shape index (κ3) is 4.67. The molecule has 2 aliphatic rings. The standard InChI is InChI=1S/C26H23Br2N5O3/c1-2-31-15-22(33(35)36)24(29-31)26(34)32-25(17-8-12-20(28)13-9-17)21-5-3-4-18(23(21)30-32)14-16-6-10-19(27)11-7-16/h6-15,21,25H,2-5H2,1H3/b18-14-/t21-,25+/m0/s1. The molecule has 3 aromatic rings. The summed E-state index contributed by atoms with van der Waals surface area (Å²) in [6.07, 6.45) is 6.11. The highest BCUT2D eigenvalue weighted by Gasteiger charge is 2.45. The average molecular weight is 613 g/mol. The largest absolute Gasteiger partial charge is 0.320 e. The van der Waals surface area contributed by atoms with Gasteiger partial charge in [-0.3, -0.25) is 19.6 Å². The lowest BCUT2D eigenvalue weighted by atomic mass is 9.77. The van der Waals surface area contributed by atoms with E-state index >= 15 is 0 Å². The Bertz CT molecular complexity index is 1380. The van der Waals surface area contributed by atoms with Gasteiger partial charge >= 0.3 is 11.6 Å². The Hall–Kier alpha value is -3.11. The highest BCUT2D eigenvalue weighted by molar-refractivity contribution is 9.10. The predicted molar refractivity (Wildman–Crippen MR) is 145 cm³/mol. The molecule has 2 heterocycles. The van der Waals surface area contributed by atoms with E-state index in [0.29, 0.717) is 6.54 Å². The van der Waals surface area contributed by atoms with Crippen LogP contribution in [0.1, 0.15) is 53.8 Å². The third-order valence-electron chi connectivity index (χ3n) is 6.60. The lowest BCUT2D eigenvalue weighted by Gasteiger charge is -2.29. The number of carbonyl (C=O) groups is 1. The second-order valence-corrected chi connectivity index (χ2v) is 10.7. The maximum absolute atomic E-state index is 13.8. The molecule has 1 aliphatic carbocycles. The molecular weight excluding hydrogens is 590 g/mol. The fourth-order valence-corrected chi connectivity index (χ4v) is 5.42. The van der Waals surface area contributed by atoms with E-state index < -0.39 is 10.8 Å². The number of carbonyl (C=O) groups excluding carboxylic acids is 1. The molecule has 1 saturated carbocycles. The van der Waals surface area contributed by atoms with Crippen LogP contribution in [0.15, 0.2) is 74.3 Å². The molecule has 1 aliphatic heterocycles. The molecule has 36 heavy (non-hydrogen) atoms. The molecule has 184 valence electrons. The summed E-state index contributed by atoms with van der Waals surface area (Å²) in [7, 11) is 0. The fraction of sp³-hybridized carbons (Fsp3) is 0.269. The van der Waals surface area contributed by atoms with Gasteiger partial charge in [0.15, 0.2) is 0 Å². The first-order valence-corrected chi connectivity index (χ1v) is 13.3. The second kappa shape index (κ2) is 10.1. The number of aryl methyl sites for hydroxylation is 1. The molecule has 2 aromatic carbocycles. The Balaban J connectivity index is 1.60. The number of halogens is 2. The Morgan fingerprint density at radius 3 is 2.44 bits per heavy atom. The zero-order chi connectivity index (χ0) is 25.4. The Kier molecular flexibility index (Phi) is 6.90. The summed E-state index contributed by atoms with van der Waals surface area (Å²) >= 11 is 6.96. The summed E-state index contributed by atoms with van der Waals surface area (Å²) in [5.41, 5.74) is 3.43. The molecule has 0 N–H and O–H groups in total. The van der Waals surface area contributed by atoms with E-state index in [4.69, 9.17) is 5.10 Å². The number of hydrogen-bond acceptors (Lipinski definition) is 5. The molecule has 0 saturated heterocycles. The smallest absolute Gasteiger partial charge is 0.265 e. The van der Waals surface area contributed by atoms with Crippen LogP contribution in [0, 0.1) is 16.0 Å². The van der Waals surface area contributed by atoms with Gasteiger partial charge in [-0.15, -0.1) is 0 Å². The second-order valence-electron chi connectivity index (χ2n) is 8.83. The van der Waals surface area contributed by atoms with E-state index in [1.165, 1.54) is 15.9 Å². The van der Waals surface area contributed by atoms with Crippen LogP contribution in [0.3, 0.4) is 0 Å². The first-order valence-electron chi connectivity index (χ1n) is 11.7. The Morgan fingerprint density at radius 1 is 1.14 bits per heavy atom. The normalized spacial score (nSPS) is 20.4.